The number of carbonyl (C=O) groups excluding carboxylic acids is 1. The molecular formula is C16H18ClN5O. The summed E-state index contributed by atoms with van der Waals surface area (Å²) in [5.74, 6) is 0.519. The van der Waals surface area contributed by atoms with Crippen molar-refractivity contribution < 1.29 is 4.79 Å². The second-order valence-corrected chi connectivity index (χ2v) is 5.95. The molecule has 1 aliphatic heterocycles. The van der Waals surface area contributed by atoms with Gasteiger partial charge in [-0.15, -0.1) is 0 Å². The van der Waals surface area contributed by atoms with Gasteiger partial charge in [-0.25, -0.2) is 9.97 Å². The van der Waals surface area contributed by atoms with Gasteiger partial charge in [-0.2, -0.15) is 0 Å². The van der Waals surface area contributed by atoms with E-state index in [1.807, 2.05) is 0 Å². The van der Waals surface area contributed by atoms with E-state index in [2.05, 4.69) is 32.1 Å². The van der Waals surface area contributed by atoms with Crippen molar-refractivity contribution in [2.45, 2.75) is 0 Å². The number of benzene rings is 1. The lowest BCUT2D eigenvalue weighted by Crippen LogP contribution is -2.44. The first-order chi connectivity index (χ1) is 11.1. The average molecular weight is 332 g/mol. The Hall–Kier alpha value is -2.18. The molecule has 1 N–H and O–H groups in total. The van der Waals surface area contributed by atoms with Crippen LogP contribution in [0.2, 0.25) is 5.02 Å². The van der Waals surface area contributed by atoms with E-state index in [9.17, 15) is 4.79 Å². The smallest absolute Gasteiger partial charge is 0.275 e. The van der Waals surface area contributed by atoms with Crippen LogP contribution in [-0.2, 0) is 0 Å². The van der Waals surface area contributed by atoms with Crippen LogP contribution < -0.4 is 10.2 Å². The highest BCUT2D eigenvalue weighted by molar-refractivity contribution is 6.30. The fraction of sp³-hybridized carbons (Fsp3) is 0.312. The molecule has 0 bridgehead atoms. The largest absolute Gasteiger partial charge is 0.353 e. The first-order valence-electron chi connectivity index (χ1n) is 7.44. The summed E-state index contributed by atoms with van der Waals surface area (Å²) in [5, 5.41) is 3.39. The van der Waals surface area contributed by atoms with Crippen LogP contribution in [-0.4, -0.2) is 54.0 Å². The molecule has 1 aromatic carbocycles. The number of piperazine rings is 1. The molecule has 1 amide bonds. The average Bonchev–Trinajstić information content (AvgIpc) is 2.58. The number of aromatic nitrogens is 2. The molecule has 1 saturated heterocycles. The molecule has 0 aliphatic carbocycles. The lowest BCUT2D eigenvalue weighted by atomic mass is 10.3. The molecular weight excluding hydrogens is 314 g/mol. The van der Waals surface area contributed by atoms with E-state index in [0.29, 0.717) is 10.7 Å². The second kappa shape index (κ2) is 6.93. The fourth-order valence-electron chi connectivity index (χ4n) is 2.37. The number of halogens is 1. The number of hydrogen-bond donors (Lipinski definition) is 1. The Kier molecular flexibility index (Phi) is 4.73. The van der Waals surface area contributed by atoms with Crippen molar-refractivity contribution in [2.24, 2.45) is 0 Å². The van der Waals surface area contributed by atoms with Crippen LogP contribution in [0.4, 0.5) is 11.5 Å². The van der Waals surface area contributed by atoms with Crippen LogP contribution >= 0.6 is 11.6 Å². The molecule has 0 unspecified atom stereocenters. The van der Waals surface area contributed by atoms with Gasteiger partial charge >= 0.3 is 0 Å². The third-order valence-corrected chi connectivity index (χ3v) is 4.05. The van der Waals surface area contributed by atoms with E-state index >= 15 is 0 Å². The Morgan fingerprint density at radius 3 is 2.39 bits per heavy atom. The monoisotopic (exact) mass is 331 g/mol. The van der Waals surface area contributed by atoms with E-state index in [4.69, 9.17) is 11.6 Å². The lowest BCUT2D eigenvalue weighted by molar-refractivity contribution is 0.102. The van der Waals surface area contributed by atoms with Gasteiger partial charge in [-0.05, 0) is 31.3 Å². The third kappa shape index (κ3) is 3.97. The number of likely N-dealkylation sites (N-methyl/N-ethyl adjacent to an activating group) is 1. The Balaban J connectivity index is 1.64. The highest BCUT2D eigenvalue weighted by Crippen LogP contribution is 2.15. The van der Waals surface area contributed by atoms with Crippen molar-refractivity contribution in [3.63, 3.8) is 0 Å². The second-order valence-electron chi connectivity index (χ2n) is 5.51. The van der Waals surface area contributed by atoms with E-state index in [0.717, 1.165) is 32.0 Å². The van der Waals surface area contributed by atoms with Crippen LogP contribution in [0.1, 0.15) is 10.5 Å². The van der Waals surface area contributed by atoms with Gasteiger partial charge in [0.2, 0.25) is 0 Å². The van der Waals surface area contributed by atoms with Crippen molar-refractivity contribution in [1.29, 1.82) is 0 Å². The Morgan fingerprint density at radius 1 is 1.09 bits per heavy atom. The molecule has 120 valence electrons. The number of nitrogens with zero attached hydrogens (tertiary/aromatic N) is 4. The van der Waals surface area contributed by atoms with Crippen LogP contribution in [0.5, 0.6) is 0 Å². The molecule has 6 nitrogen and oxygen atoms in total. The Labute approximate surface area is 140 Å². The third-order valence-electron chi connectivity index (χ3n) is 3.80. The normalized spacial score (nSPS) is 15.5. The molecule has 23 heavy (non-hydrogen) atoms. The van der Waals surface area contributed by atoms with Crippen molar-refractivity contribution in [1.82, 2.24) is 14.9 Å². The van der Waals surface area contributed by atoms with Crippen LogP contribution in [0, 0.1) is 0 Å². The molecule has 1 aliphatic rings. The predicted octanol–water partition coefficient (Wildman–Crippen LogP) is 2.13. The molecule has 0 radical (unpaired) electrons. The maximum Gasteiger partial charge on any atom is 0.275 e. The standard InChI is InChI=1S/C16H18ClN5O/c1-21-6-8-22(9-7-21)15-11-18-14(10-19-15)16(23)20-13-4-2-12(17)3-5-13/h2-5,10-11H,6-9H2,1H3,(H,20,23). The number of anilines is 2. The van der Waals surface area contributed by atoms with E-state index < -0.39 is 0 Å². The summed E-state index contributed by atoms with van der Waals surface area (Å²) in [6, 6.07) is 6.93. The SMILES string of the molecule is CN1CCN(c2cnc(C(=O)Nc3ccc(Cl)cc3)cn2)CC1. The molecule has 0 atom stereocenters. The summed E-state index contributed by atoms with van der Waals surface area (Å²) in [4.78, 5) is 25.2. The summed E-state index contributed by atoms with van der Waals surface area (Å²) in [7, 11) is 2.10. The maximum absolute atomic E-state index is 12.2. The predicted molar refractivity (Wildman–Crippen MR) is 91.1 cm³/mol. The van der Waals surface area contributed by atoms with Gasteiger partial charge in [-0.1, -0.05) is 11.6 Å². The highest BCUT2D eigenvalue weighted by Gasteiger charge is 2.16. The minimum Gasteiger partial charge on any atom is -0.353 e. The molecule has 7 heteroatoms. The van der Waals surface area contributed by atoms with Crippen molar-refractivity contribution in [2.75, 3.05) is 43.4 Å². The van der Waals surface area contributed by atoms with Gasteiger partial charge in [0.15, 0.2) is 0 Å². The summed E-state index contributed by atoms with van der Waals surface area (Å²) in [6.07, 6.45) is 3.17. The summed E-state index contributed by atoms with van der Waals surface area (Å²) >= 11 is 5.82. The zero-order chi connectivity index (χ0) is 16.2. The van der Waals surface area contributed by atoms with Crippen molar-refractivity contribution >= 4 is 29.0 Å². The van der Waals surface area contributed by atoms with Gasteiger partial charge < -0.3 is 15.1 Å². The number of nitrogens with one attached hydrogen (secondary N) is 1. The zero-order valence-corrected chi connectivity index (χ0v) is 13.6. The van der Waals surface area contributed by atoms with Gasteiger partial charge in [0.25, 0.3) is 5.91 Å². The van der Waals surface area contributed by atoms with Crippen LogP contribution in [0.3, 0.4) is 0 Å². The zero-order valence-electron chi connectivity index (χ0n) is 12.9. The van der Waals surface area contributed by atoms with Gasteiger partial charge in [0, 0.05) is 36.9 Å². The van der Waals surface area contributed by atoms with E-state index in [1.54, 1.807) is 30.5 Å². The molecule has 2 heterocycles. The van der Waals surface area contributed by atoms with Crippen molar-refractivity contribution in [3.05, 3.63) is 47.4 Å². The fourth-order valence-corrected chi connectivity index (χ4v) is 2.49. The van der Waals surface area contributed by atoms with Gasteiger partial charge in [-0.3, -0.25) is 4.79 Å². The molecule has 0 saturated carbocycles. The van der Waals surface area contributed by atoms with Gasteiger partial charge in [0.05, 0.1) is 12.4 Å². The summed E-state index contributed by atoms with van der Waals surface area (Å²) in [5.41, 5.74) is 0.960. The molecule has 1 fully saturated rings. The molecule has 1 aromatic heterocycles. The highest BCUT2D eigenvalue weighted by atomic mass is 35.5. The van der Waals surface area contributed by atoms with E-state index in [-0.39, 0.29) is 11.6 Å². The number of rotatable bonds is 3. The minimum absolute atomic E-state index is 0.287. The first-order valence-corrected chi connectivity index (χ1v) is 7.82. The number of amides is 1. The maximum atomic E-state index is 12.2. The first kappa shape index (κ1) is 15.7. The number of carbonyl (C=O) groups is 1. The topological polar surface area (TPSA) is 61.4 Å². The Morgan fingerprint density at radius 2 is 1.78 bits per heavy atom. The lowest BCUT2D eigenvalue weighted by Gasteiger charge is -2.32. The molecule has 2 aromatic rings. The van der Waals surface area contributed by atoms with E-state index in [1.165, 1.54) is 6.20 Å². The Bertz CT molecular complexity index is 666. The summed E-state index contributed by atoms with van der Waals surface area (Å²) < 4.78 is 0. The van der Waals surface area contributed by atoms with Crippen LogP contribution in [0.15, 0.2) is 36.7 Å². The van der Waals surface area contributed by atoms with Crippen LogP contribution in [0.25, 0.3) is 0 Å². The molecule has 3 rings (SSSR count). The quantitative estimate of drug-likeness (QED) is 0.933. The minimum atomic E-state index is -0.287. The number of hydrogen-bond acceptors (Lipinski definition) is 5. The van der Waals surface area contributed by atoms with Gasteiger partial charge in [0.1, 0.15) is 11.5 Å². The van der Waals surface area contributed by atoms with Crippen molar-refractivity contribution in [3.8, 4) is 0 Å². The molecule has 0 spiro atoms. The summed E-state index contributed by atoms with van der Waals surface area (Å²) in [6.45, 7) is 3.84.